The summed E-state index contributed by atoms with van der Waals surface area (Å²) in [5.74, 6) is -1.16. The zero-order valence-electron chi connectivity index (χ0n) is 21.6. The lowest BCUT2D eigenvalue weighted by atomic mass is 9.57. The largest absolute Gasteiger partial charge is 0.573 e. The minimum absolute atomic E-state index is 0.0470. The van der Waals surface area contributed by atoms with Crippen LogP contribution in [-0.2, 0) is 13.1 Å². The third-order valence-corrected chi connectivity index (χ3v) is 9.06. The zero-order chi connectivity index (χ0) is 28.1. The number of aromatic nitrogens is 4. The quantitative estimate of drug-likeness (QED) is 0.348. The maximum absolute atomic E-state index is 13.9. The van der Waals surface area contributed by atoms with Crippen LogP contribution in [0, 0.1) is 5.41 Å². The van der Waals surface area contributed by atoms with Crippen molar-refractivity contribution in [1.82, 2.24) is 24.6 Å². The van der Waals surface area contributed by atoms with Crippen molar-refractivity contribution in [3.63, 3.8) is 0 Å². The van der Waals surface area contributed by atoms with E-state index in [2.05, 4.69) is 24.8 Å². The van der Waals surface area contributed by atoms with Crippen molar-refractivity contribution in [2.45, 2.75) is 69.4 Å². The van der Waals surface area contributed by atoms with E-state index in [0.29, 0.717) is 37.0 Å². The van der Waals surface area contributed by atoms with E-state index in [4.69, 9.17) is 11.6 Å². The molecule has 3 fully saturated rings. The van der Waals surface area contributed by atoms with Gasteiger partial charge in [0, 0.05) is 60.6 Å². The number of pyridine rings is 1. The first-order valence-corrected chi connectivity index (χ1v) is 13.5. The Kier molecular flexibility index (Phi) is 5.52. The van der Waals surface area contributed by atoms with E-state index in [1.165, 1.54) is 18.3 Å². The fraction of sp³-hybridized carbons (Fsp3) is 0.519. The summed E-state index contributed by atoms with van der Waals surface area (Å²) >= 11 is 6.34. The lowest BCUT2D eigenvalue weighted by Crippen LogP contribution is -2.62. The standard InChI is InChI=1S/C27H26ClF5N6O/c1-24(12-26(29,30)13-24)38-10-16-7-18(28)4-5-19(16)39-21(11-38)35-36-22(39)17-8-25(9-17)14-37(15-25)23-20(3-2-6-34-23)40-27(31,32)33/h2-7,17H,8-15H2,1H3. The Morgan fingerprint density at radius 3 is 2.50 bits per heavy atom. The number of halogens is 6. The van der Waals surface area contributed by atoms with Gasteiger partial charge in [-0.25, -0.2) is 13.8 Å². The third-order valence-electron chi connectivity index (χ3n) is 8.83. The van der Waals surface area contributed by atoms with Gasteiger partial charge in [0.2, 0.25) is 0 Å². The summed E-state index contributed by atoms with van der Waals surface area (Å²) in [5.41, 5.74) is 1.13. The Balaban J connectivity index is 1.11. The summed E-state index contributed by atoms with van der Waals surface area (Å²) in [4.78, 5) is 8.00. The summed E-state index contributed by atoms with van der Waals surface area (Å²) in [5, 5.41) is 9.64. The van der Waals surface area contributed by atoms with Gasteiger partial charge in [-0.3, -0.25) is 9.47 Å². The van der Waals surface area contributed by atoms with Crippen LogP contribution in [0.5, 0.6) is 5.75 Å². The zero-order valence-corrected chi connectivity index (χ0v) is 22.3. The van der Waals surface area contributed by atoms with Crippen molar-refractivity contribution in [2.75, 3.05) is 18.0 Å². The van der Waals surface area contributed by atoms with Crippen LogP contribution in [0.4, 0.5) is 27.8 Å². The minimum Gasteiger partial charge on any atom is -0.402 e. The second kappa shape index (κ2) is 8.51. The molecule has 0 unspecified atom stereocenters. The average Bonchev–Trinajstić information content (AvgIpc) is 3.10. The predicted molar refractivity (Wildman–Crippen MR) is 136 cm³/mol. The number of rotatable bonds is 4. The molecule has 212 valence electrons. The van der Waals surface area contributed by atoms with Gasteiger partial charge in [0.25, 0.3) is 5.92 Å². The monoisotopic (exact) mass is 580 g/mol. The molecular weight excluding hydrogens is 555 g/mol. The Labute approximate surface area is 231 Å². The topological polar surface area (TPSA) is 59.3 Å². The number of ether oxygens (including phenoxy) is 1. The number of hydrogen-bond donors (Lipinski definition) is 0. The molecule has 2 aromatic heterocycles. The van der Waals surface area contributed by atoms with Crippen molar-refractivity contribution in [3.05, 3.63) is 58.8 Å². The number of alkyl halides is 5. The van der Waals surface area contributed by atoms with E-state index < -0.39 is 17.8 Å². The maximum Gasteiger partial charge on any atom is 0.573 e. The summed E-state index contributed by atoms with van der Waals surface area (Å²) in [6.07, 6.45) is -2.13. The Morgan fingerprint density at radius 1 is 1.05 bits per heavy atom. The molecule has 7 rings (SSSR count). The Hall–Kier alpha value is -2.99. The molecule has 0 radical (unpaired) electrons. The SMILES string of the molecule is CC1(N2Cc3cc(Cl)ccc3-n3c(nnc3C3CC4(C3)CN(c3ncccc3OC(F)(F)F)C4)C2)CC(F)(F)C1. The van der Waals surface area contributed by atoms with Gasteiger partial charge in [0.1, 0.15) is 5.82 Å². The van der Waals surface area contributed by atoms with Gasteiger partial charge in [-0.15, -0.1) is 23.4 Å². The molecule has 13 heteroatoms. The van der Waals surface area contributed by atoms with Crippen LogP contribution in [0.2, 0.25) is 5.02 Å². The average molecular weight is 581 g/mol. The minimum atomic E-state index is -4.79. The van der Waals surface area contributed by atoms with Crippen LogP contribution in [0.25, 0.3) is 5.69 Å². The molecule has 2 saturated carbocycles. The van der Waals surface area contributed by atoms with Crippen LogP contribution in [0.15, 0.2) is 36.5 Å². The number of fused-ring (bicyclic) bond motifs is 3. The predicted octanol–water partition coefficient (Wildman–Crippen LogP) is 6.10. The highest BCUT2D eigenvalue weighted by atomic mass is 35.5. The molecule has 7 nitrogen and oxygen atoms in total. The van der Waals surface area contributed by atoms with Crippen molar-refractivity contribution in [3.8, 4) is 11.4 Å². The van der Waals surface area contributed by atoms with Crippen LogP contribution in [0.3, 0.4) is 0 Å². The van der Waals surface area contributed by atoms with E-state index in [9.17, 15) is 22.0 Å². The van der Waals surface area contributed by atoms with Gasteiger partial charge < -0.3 is 9.64 Å². The van der Waals surface area contributed by atoms with Gasteiger partial charge in [-0.2, -0.15) is 0 Å². The Bertz CT molecular complexity index is 1470. The molecule has 40 heavy (non-hydrogen) atoms. The molecule has 4 aliphatic rings. The fourth-order valence-corrected chi connectivity index (χ4v) is 7.32. The molecule has 1 spiro atoms. The maximum atomic E-state index is 13.9. The first-order valence-electron chi connectivity index (χ1n) is 13.1. The van der Waals surface area contributed by atoms with Crippen molar-refractivity contribution in [1.29, 1.82) is 0 Å². The van der Waals surface area contributed by atoms with Gasteiger partial charge >= 0.3 is 6.36 Å². The molecule has 0 atom stereocenters. The lowest BCUT2D eigenvalue weighted by Gasteiger charge is -2.59. The van der Waals surface area contributed by atoms with E-state index >= 15 is 0 Å². The summed E-state index contributed by atoms with van der Waals surface area (Å²) in [6, 6.07) is 8.30. The van der Waals surface area contributed by atoms with E-state index in [1.807, 2.05) is 34.6 Å². The highest BCUT2D eigenvalue weighted by Crippen LogP contribution is 2.57. The lowest BCUT2D eigenvalue weighted by molar-refractivity contribution is -0.274. The van der Waals surface area contributed by atoms with Gasteiger partial charge in [0.15, 0.2) is 17.4 Å². The molecule has 4 heterocycles. The molecule has 3 aromatic rings. The van der Waals surface area contributed by atoms with Crippen LogP contribution in [0.1, 0.15) is 55.7 Å². The molecule has 2 aliphatic carbocycles. The van der Waals surface area contributed by atoms with Crippen molar-refractivity contribution < 1.29 is 26.7 Å². The van der Waals surface area contributed by atoms with Gasteiger partial charge in [0.05, 0.1) is 12.2 Å². The van der Waals surface area contributed by atoms with E-state index in [-0.39, 0.29) is 35.7 Å². The van der Waals surface area contributed by atoms with Gasteiger partial charge in [-0.05, 0) is 55.7 Å². The Morgan fingerprint density at radius 2 is 1.80 bits per heavy atom. The summed E-state index contributed by atoms with van der Waals surface area (Å²) in [6.45, 7) is 3.87. The molecule has 1 aromatic carbocycles. The summed E-state index contributed by atoms with van der Waals surface area (Å²) in [7, 11) is 0. The van der Waals surface area contributed by atoms with Crippen LogP contribution >= 0.6 is 11.6 Å². The van der Waals surface area contributed by atoms with Crippen molar-refractivity contribution >= 4 is 17.4 Å². The second-order valence-corrected chi connectivity index (χ2v) is 12.4. The first kappa shape index (κ1) is 25.9. The highest BCUT2D eigenvalue weighted by molar-refractivity contribution is 6.30. The number of hydrogen-bond acceptors (Lipinski definition) is 6. The number of benzene rings is 1. The third kappa shape index (κ3) is 4.30. The molecule has 1 saturated heterocycles. The fourth-order valence-electron chi connectivity index (χ4n) is 7.12. The van der Waals surface area contributed by atoms with Crippen molar-refractivity contribution in [2.24, 2.45) is 5.41 Å². The molecule has 0 amide bonds. The number of anilines is 1. The second-order valence-electron chi connectivity index (χ2n) is 12.0. The summed E-state index contributed by atoms with van der Waals surface area (Å²) < 4.78 is 72.6. The molecule has 0 N–H and O–H groups in total. The first-order chi connectivity index (χ1) is 18.8. The normalized spacial score (nSPS) is 22.9. The smallest absolute Gasteiger partial charge is 0.402 e. The molecule has 2 aliphatic heterocycles. The van der Waals surface area contributed by atoms with Crippen LogP contribution in [-0.4, -0.2) is 55.6 Å². The van der Waals surface area contributed by atoms with Gasteiger partial charge in [-0.1, -0.05) is 11.6 Å². The molecular formula is C27H26ClF5N6O. The van der Waals surface area contributed by atoms with E-state index in [1.54, 1.807) is 0 Å². The van der Waals surface area contributed by atoms with Crippen LogP contribution < -0.4 is 9.64 Å². The highest BCUT2D eigenvalue weighted by Gasteiger charge is 2.58. The number of nitrogens with zero attached hydrogens (tertiary/aromatic N) is 6. The molecule has 0 bridgehead atoms. The van der Waals surface area contributed by atoms with E-state index in [0.717, 1.165) is 29.9 Å².